The van der Waals surface area contributed by atoms with E-state index in [0.717, 1.165) is 67.4 Å². The number of benzene rings is 1. The number of phenols is 1. The van der Waals surface area contributed by atoms with Crippen molar-refractivity contribution >= 4 is 0 Å². The Morgan fingerprint density at radius 3 is 2.06 bits per heavy atom. The summed E-state index contributed by atoms with van der Waals surface area (Å²) in [4.78, 5) is 0. The smallest absolute Gasteiger partial charge is 0.127 e. The van der Waals surface area contributed by atoms with Crippen molar-refractivity contribution in [2.45, 2.75) is 112 Å². The van der Waals surface area contributed by atoms with Crippen molar-refractivity contribution in [2.75, 3.05) is 0 Å². The summed E-state index contributed by atoms with van der Waals surface area (Å²) in [5.74, 6) is 1.44. The average Bonchev–Trinajstić information content (AvgIpc) is 2.70. The van der Waals surface area contributed by atoms with Crippen molar-refractivity contribution in [2.24, 2.45) is 0 Å². The SMILES string of the molecule is CC(C)=CCC/C(C)=C/CC/C(C)=C/CCC1(C)CCc2c(C)c(O)c(C)c(C)c2O1. The Balaban J connectivity index is 1.88. The lowest BCUT2D eigenvalue weighted by Gasteiger charge is -2.38. The predicted molar refractivity (Wildman–Crippen MR) is 134 cm³/mol. The van der Waals surface area contributed by atoms with Crippen LogP contribution in [0.1, 0.15) is 102 Å². The van der Waals surface area contributed by atoms with Gasteiger partial charge in [-0.15, -0.1) is 0 Å². The minimum atomic E-state index is -0.133. The zero-order valence-electron chi connectivity index (χ0n) is 21.2. The fraction of sp³-hybridized carbons (Fsp3) is 0.586. The Hall–Kier alpha value is -1.96. The fourth-order valence-electron chi connectivity index (χ4n) is 4.43. The average molecular weight is 425 g/mol. The first-order chi connectivity index (χ1) is 14.5. The number of allylic oxidation sites excluding steroid dienone is 6. The van der Waals surface area contributed by atoms with Gasteiger partial charge in [0.15, 0.2) is 0 Å². The van der Waals surface area contributed by atoms with Crippen LogP contribution in [0.2, 0.25) is 0 Å². The third kappa shape index (κ3) is 7.02. The molecular formula is C29H44O2. The lowest BCUT2D eigenvalue weighted by Crippen LogP contribution is -2.37. The minimum absolute atomic E-state index is 0.133. The van der Waals surface area contributed by atoms with Crippen LogP contribution in [0.3, 0.4) is 0 Å². The van der Waals surface area contributed by atoms with E-state index in [2.05, 4.69) is 59.8 Å². The summed E-state index contributed by atoms with van der Waals surface area (Å²) in [5, 5.41) is 10.4. The Kier molecular flexibility index (Phi) is 9.03. The molecule has 1 heterocycles. The zero-order valence-corrected chi connectivity index (χ0v) is 21.2. The predicted octanol–water partition coefficient (Wildman–Crippen LogP) is 8.60. The number of fused-ring (bicyclic) bond motifs is 1. The molecule has 1 unspecified atom stereocenters. The van der Waals surface area contributed by atoms with Crippen molar-refractivity contribution in [3.63, 3.8) is 0 Å². The van der Waals surface area contributed by atoms with Gasteiger partial charge in [0.05, 0.1) is 0 Å². The van der Waals surface area contributed by atoms with E-state index < -0.39 is 0 Å². The van der Waals surface area contributed by atoms with Crippen LogP contribution in [0, 0.1) is 20.8 Å². The van der Waals surface area contributed by atoms with E-state index in [9.17, 15) is 5.11 Å². The number of phenolic OH excluding ortho intramolecular Hbond substituents is 1. The summed E-state index contributed by atoms with van der Waals surface area (Å²) in [6, 6.07) is 0. The maximum Gasteiger partial charge on any atom is 0.127 e. The molecule has 0 amide bonds. The molecular weight excluding hydrogens is 380 g/mol. The van der Waals surface area contributed by atoms with E-state index in [1.807, 2.05) is 13.8 Å². The van der Waals surface area contributed by atoms with E-state index >= 15 is 0 Å². The highest BCUT2D eigenvalue weighted by Gasteiger charge is 2.33. The number of rotatable bonds is 9. The van der Waals surface area contributed by atoms with E-state index in [0.29, 0.717) is 5.75 Å². The van der Waals surface area contributed by atoms with Crippen molar-refractivity contribution < 1.29 is 9.84 Å². The standard InChI is InChI=1S/C29H44O2/c1-20(2)12-9-13-21(3)14-10-15-22(4)16-11-18-29(8)19-17-26-25(7)27(30)23(5)24(6)28(26)31-29/h12,14,16,30H,9-11,13,15,17-19H2,1-8H3/b21-14+,22-16+. The maximum atomic E-state index is 10.4. The van der Waals surface area contributed by atoms with Gasteiger partial charge in [-0.25, -0.2) is 0 Å². The lowest BCUT2D eigenvalue weighted by molar-refractivity contribution is 0.0558. The number of hydrogen-bond donors (Lipinski definition) is 1. The molecule has 1 atom stereocenters. The highest BCUT2D eigenvalue weighted by Crippen LogP contribution is 2.44. The first-order valence-corrected chi connectivity index (χ1v) is 12.0. The first kappa shape index (κ1) is 25.3. The van der Waals surface area contributed by atoms with Crippen molar-refractivity contribution in [1.29, 1.82) is 0 Å². The summed E-state index contributed by atoms with van der Waals surface area (Å²) < 4.78 is 6.56. The second-order valence-electron chi connectivity index (χ2n) is 10.1. The van der Waals surface area contributed by atoms with Crippen LogP contribution in [0.15, 0.2) is 34.9 Å². The lowest BCUT2D eigenvalue weighted by atomic mass is 9.85. The minimum Gasteiger partial charge on any atom is -0.507 e. The second kappa shape index (κ2) is 11.1. The monoisotopic (exact) mass is 424 g/mol. The van der Waals surface area contributed by atoms with E-state index in [4.69, 9.17) is 4.74 Å². The van der Waals surface area contributed by atoms with Gasteiger partial charge in [-0.1, -0.05) is 34.9 Å². The van der Waals surface area contributed by atoms with Crippen LogP contribution in [0.5, 0.6) is 11.5 Å². The van der Waals surface area contributed by atoms with E-state index in [1.54, 1.807) is 0 Å². The highest BCUT2D eigenvalue weighted by molar-refractivity contribution is 5.58. The van der Waals surface area contributed by atoms with Gasteiger partial charge in [0.2, 0.25) is 0 Å². The summed E-state index contributed by atoms with van der Waals surface area (Å²) in [6.45, 7) is 17.1. The van der Waals surface area contributed by atoms with Gasteiger partial charge < -0.3 is 9.84 Å². The van der Waals surface area contributed by atoms with Crippen LogP contribution >= 0.6 is 0 Å². The summed E-state index contributed by atoms with van der Waals surface area (Å²) in [7, 11) is 0. The Morgan fingerprint density at radius 2 is 1.45 bits per heavy atom. The van der Waals surface area contributed by atoms with Crippen LogP contribution in [-0.4, -0.2) is 10.7 Å². The first-order valence-electron chi connectivity index (χ1n) is 12.0. The van der Waals surface area contributed by atoms with Gasteiger partial charge in [0.1, 0.15) is 17.1 Å². The highest BCUT2D eigenvalue weighted by atomic mass is 16.5. The molecule has 2 heteroatoms. The largest absolute Gasteiger partial charge is 0.507 e. The van der Waals surface area contributed by atoms with Gasteiger partial charge in [0, 0.05) is 5.56 Å². The molecule has 1 aromatic rings. The summed E-state index contributed by atoms with van der Waals surface area (Å²) in [6.07, 6.45) is 15.8. The molecule has 2 nitrogen and oxygen atoms in total. The molecule has 0 aliphatic carbocycles. The van der Waals surface area contributed by atoms with Crippen molar-refractivity contribution in [3.8, 4) is 11.5 Å². The quantitative estimate of drug-likeness (QED) is 0.402. The third-order valence-corrected chi connectivity index (χ3v) is 6.88. The van der Waals surface area contributed by atoms with Gasteiger partial charge in [0.25, 0.3) is 0 Å². The van der Waals surface area contributed by atoms with E-state index in [1.165, 1.54) is 28.7 Å². The number of hydrogen-bond acceptors (Lipinski definition) is 2. The molecule has 1 aliphatic heterocycles. The molecule has 0 radical (unpaired) electrons. The molecule has 172 valence electrons. The van der Waals surface area contributed by atoms with Crippen molar-refractivity contribution in [3.05, 3.63) is 57.2 Å². The molecule has 0 saturated carbocycles. The Labute approximate surface area is 191 Å². The third-order valence-electron chi connectivity index (χ3n) is 6.88. The molecule has 0 bridgehead atoms. The second-order valence-corrected chi connectivity index (χ2v) is 10.1. The molecule has 1 N–H and O–H groups in total. The normalized spacial score (nSPS) is 19.1. The molecule has 0 spiro atoms. The van der Waals surface area contributed by atoms with Gasteiger partial charge in [-0.3, -0.25) is 0 Å². The maximum absolute atomic E-state index is 10.4. The molecule has 0 aromatic heterocycles. The van der Waals surface area contributed by atoms with Gasteiger partial charge in [-0.05, 0) is 123 Å². The molecule has 31 heavy (non-hydrogen) atoms. The van der Waals surface area contributed by atoms with Crippen LogP contribution in [0.25, 0.3) is 0 Å². The molecule has 1 aliphatic rings. The van der Waals surface area contributed by atoms with Crippen LogP contribution in [0.4, 0.5) is 0 Å². The molecule has 0 fully saturated rings. The number of aromatic hydroxyl groups is 1. The van der Waals surface area contributed by atoms with Crippen molar-refractivity contribution in [1.82, 2.24) is 0 Å². The molecule has 1 aromatic carbocycles. The summed E-state index contributed by atoms with van der Waals surface area (Å²) >= 11 is 0. The van der Waals surface area contributed by atoms with Crippen LogP contribution in [-0.2, 0) is 6.42 Å². The van der Waals surface area contributed by atoms with E-state index in [-0.39, 0.29) is 5.60 Å². The van der Waals surface area contributed by atoms with Gasteiger partial charge in [-0.2, -0.15) is 0 Å². The van der Waals surface area contributed by atoms with Gasteiger partial charge >= 0.3 is 0 Å². The molecule has 2 rings (SSSR count). The zero-order chi connectivity index (χ0) is 23.2. The molecule has 0 saturated heterocycles. The summed E-state index contributed by atoms with van der Waals surface area (Å²) in [5.41, 5.74) is 8.45. The van der Waals surface area contributed by atoms with Crippen LogP contribution < -0.4 is 4.74 Å². The topological polar surface area (TPSA) is 29.5 Å². The fourth-order valence-corrected chi connectivity index (χ4v) is 4.43. The Bertz CT molecular complexity index is 865. The number of ether oxygens (including phenoxy) is 1. The Morgan fingerprint density at radius 1 is 0.871 bits per heavy atom.